The molecule has 0 amide bonds. The van der Waals surface area contributed by atoms with E-state index in [1.807, 2.05) is 19.2 Å². The summed E-state index contributed by atoms with van der Waals surface area (Å²) in [5.41, 5.74) is 1.19. The Kier molecular flexibility index (Phi) is 2.91. The topological polar surface area (TPSA) is 25.2 Å². The molecule has 1 saturated heterocycles. The predicted octanol–water partition coefficient (Wildman–Crippen LogP) is 1.23. The smallest absolute Gasteiger partial charge is 0.250 e. The summed E-state index contributed by atoms with van der Waals surface area (Å²) in [5, 5.41) is 0. The number of likely N-dealkylation sites (tertiary alicyclic amines) is 1. The van der Waals surface area contributed by atoms with E-state index in [2.05, 4.69) is 11.8 Å². The molecule has 0 aliphatic carbocycles. The Morgan fingerprint density at radius 2 is 2.13 bits per heavy atom. The molecule has 1 fully saturated rings. The Morgan fingerprint density at radius 1 is 1.40 bits per heavy atom. The number of pyridine rings is 1. The van der Waals surface area contributed by atoms with Crippen LogP contribution in [0.4, 0.5) is 0 Å². The van der Waals surface area contributed by atoms with Gasteiger partial charge in [-0.3, -0.25) is 9.69 Å². The van der Waals surface area contributed by atoms with Crippen molar-refractivity contribution in [2.45, 2.75) is 19.9 Å². The fourth-order valence-electron chi connectivity index (χ4n) is 2.06. The highest BCUT2D eigenvalue weighted by atomic mass is 16.1. The van der Waals surface area contributed by atoms with Crippen LogP contribution in [-0.4, -0.2) is 22.6 Å². The van der Waals surface area contributed by atoms with Crippen molar-refractivity contribution in [2.24, 2.45) is 13.0 Å². The summed E-state index contributed by atoms with van der Waals surface area (Å²) < 4.78 is 1.74. The molecule has 3 nitrogen and oxygen atoms in total. The van der Waals surface area contributed by atoms with Gasteiger partial charge in [-0.25, -0.2) is 0 Å². The Labute approximate surface area is 90.3 Å². The van der Waals surface area contributed by atoms with E-state index in [9.17, 15) is 4.79 Å². The SMILES string of the molecule is CCC1CN(Cc2cccc(=O)n2C)C1. The summed E-state index contributed by atoms with van der Waals surface area (Å²) in [6.45, 7) is 5.50. The standard InChI is InChI=1S/C12H18N2O/c1-3-10-7-14(8-10)9-11-5-4-6-12(15)13(11)2/h4-6,10H,3,7-9H2,1-2H3. The van der Waals surface area contributed by atoms with Crippen molar-refractivity contribution in [3.05, 3.63) is 34.2 Å². The first-order chi connectivity index (χ1) is 7.20. The van der Waals surface area contributed by atoms with Crippen molar-refractivity contribution < 1.29 is 0 Å². The van der Waals surface area contributed by atoms with Gasteiger partial charge in [0.15, 0.2) is 0 Å². The summed E-state index contributed by atoms with van der Waals surface area (Å²) in [5.74, 6) is 0.866. The largest absolute Gasteiger partial charge is 0.314 e. The van der Waals surface area contributed by atoms with Crippen LogP contribution in [0.25, 0.3) is 0 Å². The number of hydrogen-bond acceptors (Lipinski definition) is 2. The van der Waals surface area contributed by atoms with Gasteiger partial charge in [0.1, 0.15) is 0 Å². The van der Waals surface area contributed by atoms with Gasteiger partial charge in [0.25, 0.3) is 0 Å². The van der Waals surface area contributed by atoms with Crippen molar-refractivity contribution in [1.29, 1.82) is 0 Å². The van der Waals surface area contributed by atoms with E-state index in [4.69, 9.17) is 0 Å². The second-order valence-electron chi connectivity index (χ2n) is 4.38. The quantitative estimate of drug-likeness (QED) is 0.743. The minimum Gasteiger partial charge on any atom is -0.314 e. The predicted molar refractivity (Wildman–Crippen MR) is 60.7 cm³/mol. The van der Waals surface area contributed by atoms with E-state index in [0.29, 0.717) is 0 Å². The molecule has 15 heavy (non-hydrogen) atoms. The highest BCUT2D eigenvalue weighted by Crippen LogP contribution is 2.20. The molecule has 1 aliphatic heterocycles. The average Bonchev–Trinajstić information content (AvgIpc) is 2.17. The van der Waals surface area contributed by atoms with Gasteiger partial charge >= 0.3 is 0 Å². The first kappa shape index (κ1) is 10.4. The van der Waals surface area contributed by atoms with Crippen molar-refractivity contribution >= 4 is 0 Å². The van der Waals surface area contributed by atoms with Gasteiger partial charge in [0.05, 0.1) is 0 Å². The first-order valence-electron chi connectivity index (χ1n) is 5.58. The van der Waals surface area contributed by atoms with Crippen molar-refractivity contribution in [1.82, 2.24) is 9.47 Å². The molecule has 0 radical (unpaired) electrons. The van der Waals surface area contributed by atoms with Crippen LogP contribution in [0.3, 0.4) is 0 Å². The van der Waals surface area contributed by atoms with Crippen molar-refractivity contribution in [3.63, 3.8) is 0 Å². The zero-order valence-corrected chi connectivity index (χ0v) is 9.44. The van der Waals surface area contributed by atoms with E-state index >= 15 is 0 Å². The van der Waals surface area contributed by atoms with E-state index < -0.39 is 0 Å². The average molecular weight is 206 g/mol. The summed E-state index contributed by atoms with van der Waals surface area (Å²) in [6.07, 6.45) is 1.27. The van der Waals surface area contributed by atoms with Crippen molar-refractivity contribution in [3.8, 4) is 0 Å². The Hall–Kier alpha value is -1.09. The summed E-state index contributed by atoms with van der Waals surface area (Å²) >= 11 is 0. The molecule has 3 heteroatoms. The molecule has 0 N–H and O–H groups in total. The molecule has 82 valence electrons. The van der Waals surface area contributed by atoms with Gasteiger partial charge in [-0.05, 0) is 12.0 Å². The van der Waals surface area contributed by atoms with Gasteiger partial charge < -0.3 is 4.57 Å². The molecule has 0 spiro atoms. The van der Waals surface area contributed by atoms with Gasteiger partial charge in [-0.15, -0.1) is 0 Å². The zero-order valence-electron chi connectivity index (χ0n) is 9.44. The second-order valence-corrected chi connectivity index (χ2v) is 4.38. The minimum absolute atomic E-state index is 0.0834. The van der Waals surface area contributed by atoms with Crippen LogP contribution in [0.1, 0.15) is 19.0 Å². The molecule has 2 heterocycles. The lowest BCUT2D eigenvalue weighted by Gasteiger charge is -2.39. The van der Waals surface area contributed by atoms with Gasteiger partial charge in [0.2, 0.25) is 5.56 Å². The second kappa shape index (κ2) is 4.19. The van der Waals surface area contributed by atoms with Crippen LogP contribution >= 0.6 is 0 Å². The number of aromatic nitrogens is 1. The molecule has 2 rings (SSSR count). The Balaban J connectivity index is 2.00. The highest BCUT2D eigenvalue weighted by Gasteiger charge is 2.24. The normalized spacial score (nSPS) is 17.7. The summed E-state index contributed by atoms with van der Waals surface area (Å²) in [4.78, 5) is 13.8. The number of nitrogens with zero attached hydrogens (tertiary/aromatic N) is 2. The molecule has 1 aromatic rings. The Bertz CT molecular complexity index is 391. The zero-order chi connectivity index (χ0) is 10.8. The maximum atomic E-state index is 11.4. The Morgan fingerprint density at radius 3 is 2.80 bits per heavy atom. The van der Waals surface area contributed by atoms with Gasteiger partial charge in [-0.1, -0.05) is 19.4 Å². The van der Waals surface area contributed by atoms with Gasteiger partial charge in [-0.2, -0.15) is 0 Å². The third-order valence-corrected chi connectivity index (χ3v) is 3.28. The lowest BCUT2D eigenvalue weighted by Crippen LogP contribution is -2.46. The molecule has 1 aromatic heterocycles. The van der Waals surface area contributed by atoms with E-state index in [-0.39, 0.29) is 5.56 Å². The van der Waals surface area contributed by atoms with E-state index in [1.165, 1.54) is 19.5 Å². The molecule has 0 saturated carbocycles. The van der Waals surface area contributed by atoms with E-state index in [0.717, 1.165) is 18.2 Å². The van der Waals surface area contributed by atoms with Crippen LogP contribution in [0.15, 0.2) is 23.0 Å². The maximum absolute atomic E-state index is 11.4. The van der Waals surface area contributed by atoms with Crippen molar-refractivity contribution in [2.75, 3.05) is 13.1 Å². The maximum Gasteiger partial charge on any atom is 0.250 e. The van der Waals surface area contributed by atoms with Crippen LogP contribution < -0.4 is 5.56 Å². The monoisotopic (exact) mass is 206 g/mol. The molecular weight excluding hydrogens is 188 g/mol. The molecule has 0 aromatic carbocycles. The fourth-order valence-corrected chi connectivity index (χ4v) is 2.06. The summed E-state index contributed by atoms with van der Waals surface area (Å²) in [7, 11) is 1.84. The number of rotatable bonds is 3. The van der Waals surface area contributed by atoms with Crippen LogP contribution in [-0.2, 0) is 13.6 Å². The van der Waals surface area contributed by atoms with E-state index in [1.54, 1.807) is 10.6 Å². The van der Waals surface area contributed by atoms with Crippen LogP contribution in [0.2, 0.25) is 0 Å². The molecule has 0 bridgehead atoms. The minimum atomic E-state index is 0.0834. The third kappa shape index (κ3) is 2.12. The third-order valence-electron chi connectivity index (χ3n) is 3.28. The van der Waals surface area contributed by atoms with Crippen LogP contribution in [0.5, 0.6) is 0 Å². The molecule has 0 unspecified atom stereocenters. The molecular formula is C12H18N2O. The van der Waals surface area contributed by atoms with Crippen LogP contribution in [0, 0.1) is 5.92 Å². The first-order valence-corrected chi connectivity index (χ1v) is 5.58. The molecule has 1 aliphatic rings. The summed E-state index contributed by atoms with van der Waals surface area (Å²) in [6, 6.07) is 5.48. The van der Waals surface area contributed by atoms with Gasteiger partial charge in [0, 0.05) is 38.4 Å². The lowest BCUT2D eigenvalue weighted by atomic mass is 9.97. The fraction of sp³-hybridized carbons (Fsp3) is 0.583. The molecule has 0 atom stereocenters. The number of hydrogen-bond donors (Lipinski definition) is 0. The lowest BCUT2D eigenvalue weighted by molar-refractivity contribution is 0.0872. The highest BCUT2D eigenvalue weighted by molar-refractivity contribution is 5.06.